The van der Waals surface area contributed by atoms with Crippen LogP contribution in [-0.2, 0) is 60.4 Å². The molecule has 3 aliphatic heterocycles. The second-order valence-electron chi connectivity index (χ2n) is 16.7. The van der Waals surface area contributed by atoms with Crippen molar-refractivity contribution in [2.75, 3.05) is 39.1 Å². The van der Waals surface area contributed by atoms with Gasteiger partial charge in [-0.3, -0.25) is 47.4 Å². The third kappa shape index (κ3) is 12.2. The van der Waals surface area contributed by atoms with Gasteiger partial charge in [0.1, 0.15) is 47.0 Å². The zero-order valence-electron chi connectivity index (χ0n) is 36.8. The minimum Gasteiger partial charge on any atom is -0.497 e. The maximum absolute atomic E-state index is 14.7. The van der Waals surface area contributed by atoms with Crippen molar-refractivity contribution in [3.8, 4) is 5.75 Å². The Morgan fingerprint density at radius 2 is 1.58 bits per heavy atom. The minimum atomic E-state index is -2.33. The van der Waals surface area contributed by atoms with Gasteiger partial charge < -0.3 is 72.9 Å². The first-order valence-corrected chi connectivity index (χ1v) is 22.8. The Kier molecular flexibility index (Phi) is 17.2. The molecule has 0 radical (unpaired) electrons. The van der Waals surface area contributed by atoms with Crippen LogP contribution >= 0.6 is 0 Å². The minimum absolute atomic E-state index is 0.0915. The summed E-state index contributed by atoms with van der Waals surface area (Å²) in [4.78, 5) is 128. The van der Waals surface area contributed by atoms with Crippen LogP contribution in [0, 0.1) is 11.8 Å². The van der Waals surface area contributed by atoms with Gasteiger partial charge in [-0.1, -0.05) is 27.2 Å². The lowest BCUT2D eigenvalue weighted by Crippen LogP contribution is -2.62. The van der Waals surface area contributed by atoms with Crippen molar-refractivity contribution in [3.63, 3.8) is 0 Å². The molecule has 1 aromatic heterocycles. The molecule has 1 aromatic carbocycles. The van der Waals surface area contributed by atoms with Gasteiger partial charge in [-0.2, -0.15) is 0 Å². The summed E-state index contributed by atoms with van der Waals surface area (Å²) in [5.74, 6) is -10.7. The third-order valence-corrected chi connectivity index (χ3v) is 13.5. The number of carbonyl (C=O) groups excluding carboxylic acids is 9. The van der Waals surface area contributed by atoms with Gasteiger partial charge in [0.25, 0.3) is 0 Å². The average molecular weight is 947 g/mol. The van der Waals surface area contributed by atoms with Crippen molar-refractivity contribution in [2.45, 2.75) is 106 Å². The van der Waals surface area contributed by atoms with Gasteiger partial charge in [0.05, 0.1) is 61.1 Å². The molecule has 3 aliphatic rings. The molecule has 0 saturated carbocycles. The molecule has 2 unspecified atom stereocenters. The van der Waals surface area contributed by atoms with Crippen LogP contribution in [0.25, 0.3) is 10.9 Å². The SMILES string of the molecule is CC[C@H](C)[C@@H]1NC(=O)CNC(=O)[C@@H]2Cc3c([nH]c4cc(OC)ccc34)S(=O)C[C@H](NC(=O)CNC1=O)C(=O)N[C@@H](CCC(N)=O)C(=O)N1C[C@H](O)CC1C(=O)N[C@@H]([C@@H](C)[C@@H](O)CO)C(=O)N2. The molecule has 66 heavy (non-hydrogen) atoms. The number of hydrogen-bond donors (Lipinski definition) is 12. The molecule has 25 heteroatoms. The molecular formula is C41H58N10O14S. The van der Waals surface area contributed by atoms with Crippen molar-refractivity contribution < 1.29 is 67.4 Å². The van der Waals surface area contributed by atoms with Gasteiger partial charge in [-0.15, -0.1) is 0 Å². The number of methoxy groups -OCH3 is 1. The van der Waals surface area contributed by atoms with E-state index in [1.807, 2.05) is 0 Å². The van der Waals surface area contributed by atoms with E-state index in [2.05, 4.69) is 42.2 Å². The third-order valence-electron chi connectivity index (χ3n) is 12.0. The zero-order valence-corrected chi connectivity index (χ0v) is 37.7. The van der Waals surface area contributed by atoms with E-state index in [4.69, 9.17) is 10.5 Å². The monoisotopic (exact) mass is 946 g/mol. The lowest BCUT2D eigenvalue weighted by molar-refractivity contribution is -0.143. The van der Waals surface area contributed by atoms with Crippen LogP contribution in [0.1, 0.15) is 52.0 Å². The zero-order chi connectivity index (χ0) is 48.6. The Bertz CT molecular complexity index is 2240. The van der Waals surface area contributed by atoms with Crippen molar-refractivity contribution in [2.24, 2.45) is 17.6 Å². The van der Waals surface area contributed by atoms with Crippen molar-refractivity contribution in [1.29, 1.82) is 0 Å². The van der Waals surface area contributed by atoms with Gasteiger partial charge >= 0.3 is 0 Å². The molecule has 11 atom stereocenters. The van der Waals surface area contributed by atoms with Crippen LogP contribution in [0.5, 0.6) is 5.75 Å². The number of nitrogens with zero attached hydrogens (tertiary/aromatic N) is 1. The van der Waals surface area contributed by atoms with Gasteiger partial charge in [-0.05, 0) is 30.0 Å². The molecular weight excluding hydrogens is 889 g/mol. The molecule has 24 nitrogen and oxygen atoms in total. The number of aromatic nitrogens is 1. The number of ether oxygens (including phenoxy) is 1. The number of benzene rings is 1. The number of nitrogens with one attached hydrogen (secondary N) is 8. The fourth-order valence-corrected chi connectivity index (χ4v) is 9.36. The van der Waals surface area contributed by atoms with E-state index < -0.39 is 176 Å². The van der Waals surface area contributed by atoms with Crippen LogP contribution < -0.4 is 47.7 Å². The predicted octanol–water partition coefficient (Wildman–Crippen LogP) is -5.23. The van der Waals surface area contributed by atoms with E-state index >= 15 is 0 Å². The Balaban J connectivity index is 1.74. The highest BCUT2D eigenvalue weighted by Crippen LogP contribution is 2.30. The van der Waals surface area contributed by atoms with E-state index in [9.17, 15) is 62.7 Å². The number of nitrogens with two attached hydrogens (primary N) is 1. The van der Waals surface area contributed by atoms with Gasteiger partial charge in [0.2, 0.25) is 53.2 Å². The molecule has 1 saturated heterocycles. The second kappa shape index (κ2) is 22.3. The lowest BCUT2D eigenvalue weighted by atomic mass is 9.93. The van der Waals surface area contributed by atoms with Crippen LogP contribution in [-0.4, -0.2) is 170 Å². The average Bonchev–Trinajstić information content (AvgIpc) is 3.87. The summed E-state index contributed by atoms with van der Waals surface area (Å²) in [5, 5.41) is 49.2. The van der Waals surface area contributed by atoms with Crippen LogP contribution in [0.4, 0.5) is 0 Å². The highest BCUT2D eigenvalue weighted by atomic mass is 32.2. The largest absolute Gasteiger partial charge is 0.497 e. The molecule has 1 fully saturated rings. The van der Waals surface area contributed by atoms with E-state index in [1.54, 1.807) is 32.0 Å². The fourth-order valence-electron chi connectivity index (χ4n) is 7.96. The molecule has 9 amide bonds. The van der Waals surface area contributed by atoms with E-state index in [0.717, 1.165) is 4.90 Å². The lowest BCUT2D eigenvalue weighted by Gasteiger charge is -2.33. The molecule has 362 valence electrons. The molecule has 4 heterocycles. The summed E-state index contributed by atoms with van der Waals surface area (Å²) >= 11 is 0. The summed E-state index contributed by atoms with van der Waals surface area (Å²) in [6.45, 7) is 1.93. The molecule has 5 rings (SSSR count). The predicted molar refractivity (Wildman–Crippen MR) is 232 cm³/mol. The number of H-pyrrole nitrogens is 1. The van der Waals surface area contributed by atoms with E-state index in [-0.39, 0.29) is 17.0 Å². The highest BCUT2D eigenvalue weighted by Gasteiger charge is 2.45. The van der Waals surface area contributed by atoms with Crippen molar-refractivity contribution >= 4 is 74.9 Å². The summed E-state index contributed by atoms with van der Waals surface area (Å²) in [7, 11) is -0.922. The smallest absolute Gasteiger partial charge is 0.245 e. The maximum Gasteiger partial charge on any atom is 0.245 e. The number of aliphatic hydroxyl groups is 3. The molecule has 0 spiro atoms. The number of rotatable bonds is 9. The summed E-state index contributed by atoms with van der Waals surface area (Å²) in [6.07, 6.45) is -4.32. The number of amides is 9. The van der Waals surface area contributed by atoms with Crippen molar-refractivity contribution in [1.82, 2.24) is 47.1 Å². The summed E-state index contributed by atoms with van der Waals surface area (Å²) in [5.41, 5.74) is 5.90. The van der Waals surface area contributed by atoms with E-state index in [0.29, 0.717) is 23.1 Å². The second-order valence-corrected chi connectivity index (χ2v) is 18.1. The number of aromatic amines is 1. The molecule has 0 aliphatic carbocycles. The van der Waals surface area contributed by atoms with Crippen molar-refractivity contribution in [3.05, 3.63) is 23.8 Å². The molecule has 13 N–H and O–H groups in total. The normalized spacial score (nSPS) is 28.0. The van der Waals surface area contributed by atoms with Gasteiger partial charge in [0.15, 0.2) is 0 Å². The Morgan fingerprint density at radius 1 is 0.894 bits per heavy atom. The summed E-state index contributed by atoms with van der Waals surface area (Å²) < 4.78 is 20.1. The number of aliphatic hydroxyl groups excluding tert-OH is 3. The molecule has 2 bridgehead atoms. The standard InChI is InChI=1S/C41H58N10O14S/c1-5-18(2)33-38(61)44-13-31(56)45-27-17-66(64)40-23(22-7-6-21(65-4)11-25(22)48-40)12-26(35(58)43-14-32(57)49-33)47-39(62)34(19(3)29(54)16-52)50-37(60)28-10-20(53)15-51(28)41(63)24(46-36(27)59)8-9-30(42)55/h6-7,11,18-20,24,26-29,33-34,48,52-54H,5,8-10,12-17H2,1-4H3,(H2,42,55)(H,43,58)(H,44,61)(H,45,56)(H,46,59)(H,47,62)(H,49,57)(H,50,60)/t18-,19-,20+,24-,26-,27-,28?,29-,33-,34-,66?/m0/s1. The fraction of sp³-hybridized carbons (Fsp3) is 0.585. The quantitative estimate of drug-likeness (QED) is 0.112. The van der Waals surface area contributed by atoms with Gasteiger partial charge in [-0.25, -0.2) is 0 Å². The number of carbonyl (C=O) groups is 9. The topological polar surface area (TPSA) is 370 Å². The molecule has 2 aromatic rings. The first-order chi connectivity index (χ1) is 31.3. The number of fused-ring (bicyclic) bond motifs is 5. The Labute approximate surface area is 381 Å². The number of hydrogen-bond acceptors (Lipinski definition) is 14. The van der Waals surface area contributed by atoms with E-state index in [1.165, 1.54) is 14.0 Å². The van der Waals surface area contributed by atoms with Crippen LogP contribution in [0.3, 0.4) is 0 Å². The van der Waals surface area contributed by atoms with Crippen LogP contribution in [0.15, 0.2) is 23.2 Å². The van der Waals surface area contributed by atoms with Gasteiger partial charge in [0, 0.05) is 43.2 Å². The Morgan fingerprint density at radius 3 is 2.23 bits per heavy atom. The first-order valence-electron chi connectivity index (χ1n) is 21.4. The highest BCUT2D eigenvalue weighted by molar-refractivity contribution is 7.85. The maximum atomic E-state index is 14.7. The first kappa shape index (κ1) is 50.8. The van der Waals surface area contributed by atoms with Crippen LogP contribution in [0.2, 0.25) is 0 Å². The summed E-state index contributed by atoms with van der Waals surface area (Å²) in [6, 6.07) is -4.87. The Hall–Kier alpha value is -6.18. The number of primary amides is 1.